The summed E-state index contributed by atoms with van der Waals surface area (Å²) in [7, 11) is 0. The van der Waals surface area contributed by atoms with Crippen LogP contribution in [0, 0.1) is 6.92 Å². The Hall–Kier alpha value is -0.680. The van der Waals surface area contributed by atoms with E-state index in [2.05, 4.69) is 21.6 Å². The first-order chi connectivity index (χ1) is 6.22. The molecule has 1 atom stereocenters. The lowest BCUT2D eigenvalue weighted by atomic mass is 10.2. The quantitative estimate of drug-likeness (QED) is 0.754. The third-order valence-corrected chi connectivity index (χ3v) is 2.48. The highest BCUT2D eigenvalue weighted by Gasteiger charge is 2.04. The number of hydrogen-bond donors (Lipinski definition) is 2. The molecule has 0 amide bonds. The van der Waals surface area contributed by atoms with Gasteiger partial charge in [-0.05, 0) is 33.2 Å². The van der Waals surface area contributed by atoms with Gasteiger partial charge in [0.15, 0.2) is 0 Å². The molecule has 4 nitrogen and oxygen atoms in total. The molecule has 1 aromatic heterocycles. The van der Waals surface area contributed by atoms with Gasteiger partial charge < -0.3 is 11.1 Å². The first-order valence-corrected chi connectivity index (χ1v) is 5.26. The molecule has 0 aliphatic carbocycles. The molecule has 5 heteroatoms. The number of aryl methyl sites for hydroxylation is 1. The minimum Gasteiger partial charge on any atom is -0.358 e. The Labute approximate surface area is 82.7 Å². The zero-order chi connectivity index (χ0) is 9.68. The molecule has 3 N–H and O–H groups in total. The van der Waals surface area contributed by atoms with E-state index in [-0.39, 0.29) is 0 Å². The fraction of sp³-hybridized carbons (Fsp3) is 0.750. The van der Waals surface area contributed by atoms with E-state index in [0.29, 0.717) is 6.04 Å². The van der Waals surface area contributed by atoms with Gasteiger partial charge in [-0.2, -0.15) is 4.37 Å². The van der Waals surface area contributed by atoms with E-state index in [1.54, 1.807) is 0 Å². The molecule has 0 aromatic carbocycles. The van der Waals surface area contributed by atoms with Gasteiger partial charge in [0, 0.05) is 17.6 Å². The Morgan fingerprint density at radius 3 is 2.92 bits per heavy atom. The van der Waals surface area contributed by atoms with Crippen LogP contribution >= 0.6 is 11.5 Å². The van der Waals surface area contributed by atoms with Crippen molar-refractivity contribution in [2.45, 2.75) is 32.7 Å². The Kier molecular flexibility index (Phi) is 4.11. The maximum atomic E-state index is 5.42. The topological polar surface area (TPSA) is 63.8 Å². The maximum Gasteiger partial charge on any atom is 0.202 e. The molecule has 1 unspecified atom stereocenters. The number of aromatic nitrogens is 2. The van der Waals surface area contributed by atoms with Crippen molar-refractivity contribution in [2.24, 2.45) is 5.73 Å². The normalized spacial score (nSPS) is 12.8. The predicted molar refractivity (Wildman–Crippen MR) is 56.0 cm³/mol. The number of nitrogens with two attached hydrogens (primary N) is 1. The van der Waals surface area contributed by atoms with Crippen LogP contribution in [0.5, 0.6) is 0 Å². The van der Waals surface area contributed by atoms with Gasteiger partial charge in [0.05, 0.1) is 0 Å². The van der Waals surface area contributed by atoms with Crippen LogP contribution in [0.4, 0.5) is 5.13 Å². The van der Waals surface area contributed by atoms with E-state index in [1.165, 1.54) is 11.5 Å². The molecule has 1 aromatic rings. The zero-order valence-corrected chi connectivity index (χ0v) is 8.90. The van der Waals surface area contributed by atoms with Gasteiger partial charge in [-0.1, -0.05) is 0 Å². The highest BCUT2D eigenvalue weighted by atomic mass is 32.1. The van der Waals surface area contributed by atoms with Gasteiger partial charge in [0.2, 0.25) is 5.13 Å². The van der Waals surface area contributed by atoms with Crippen molar-refractivity contribution in [3.63, 3.8) is 0 Å². The number of nitrogens with zero attached hydrogens (tertiary/aromatic N) is 2. The van der Waals surface area contributed by atoms with Gasteiger partial charge in [-0.15, -0.1) is 0 Å². The molecule has 1 heterocycles. The summed E-state index contributed by atoms with van der Waals surface area (Å²) < 4.78 is 4.09. The standard InChI is InChI=1S/C8H16N4S/c1-6(4-3-5-9)10-8-11-7(2)12-13-8/h6H,3-5,9H2,1-2H3,(H,10,11,12). The summed E-state index contributed by atoms with van der Waals surface area (Å²) in [6.45, 7) is 4.78. The van der Waals surface area contributed by atoms with Crippen LogP contribution < -0.4 is 11.1 Å². The van der Waals surface area contributed by atoms with Crippen LogP contribution in [0.25, 0.3) is 0 Å². The zero-order valence-electron chi connectivity index (χ0n) is 8.08. The summed E-state index contributed by atoms with van der Waals surface area (Å²) in [5.41, 5.74) is 5.42. The Morgan fingerprint density at radius 1 is 1.62 bits per heavy atom. The van der Waals surface area contributed by atoms with Crippen molar-refractivity contribution >= 4 is 16.7 Å². The van der Waals surface area contributed by atoms with Crippen molar-refractivity contribution in [1.82, 2.24) is 9.36 Å². The monoisotopic (exact) mass is 200 g/mol. The summed E-state index contributed by atoms with van der Waals surface area (Å²) in [4.78, 5) is 4.22. The minimum absolute atomic E-state index is 0.427. The van der Waals surface area contributed by atoms with Crippen molar-refractivity contribution in [3.8, 4) is 0 Å². The fourth-order valence-corrected chi connectivity index (χ4v) is 1.75. The number of anilines is 1. The fourth-order valence-electron chi connectivity index (χ4n) is 1.06. The van der Waals surface area contributed by atoms with Gasteiger partial charge in [-0.3, -0.25) is 0 Å². The van der Waals surface area contributed by atoms with Crippen LogP contribution in [-0.2, 0) is 0 Å². The number of hydrogen-bond acceptors (Lipinski definition) is 5. The third-order valence-electron chi connectivity index (χ3n) is 1.74. The summed E-state index contributed by atoms with van der Waals surface area (Å²) in [5.74, 6) is 0.832. The summed E-state index contributed by atoms with van der Waals surface area (Å²) in [5, 5.41) is 4.19. The Balaban J connectivity index is 2.31. The molecule has 0 spiro atoms. The van der Waals surface area contributed by atoms with E-state index in [4.69, 9.17) is 5.73 Å². The molecule has 0 fully saturated rings. The van der Waals surface area contributed by atoms with Crippen molar-refractivity contribution < 1.29 is 0 Å². The van der Waals surface area contributed by atoms with E-state index in [0.717, 1.165) is 30.3 Å². The van der Waals surface area contributed by atoms with Gasteiger partial charge in [-0.25, -0.2) is 4.98 Å². The molecule has 0 aliphatic rings. The molecule has 0 saturated carbocycles. The predicted octanol–water partition coefficient (Wildman–Crippen LogP) is 1.39. The molecular formula is C8H16N4S. The van der Waals surface area contributed by atoms with Crippen LogP contribution in [0.15, 0.2) is 0 Å². The van der Waals surface area contributed by atoms with Gasteiger partial charge >= 0.3 is 0 Å². The molecule has 13 heavy (non-hydrogen) atoms. The second kappa shape index (κ2) is 5.14. The van der Waals surface area contributed by atoms with Gasteiger partial charge in [0.1, 0.15) is 5.82 Å². The van der Waals surface area contributed by atoms with Gasteiger partial charge in [0.25, 0.3) is 0 Å². The van der Waals surface area contributed by atoms with Crippen LogP contribution in [0.3, 0.4) is 0 Å². The molecular weight excluding hydrogens is 184 g/mol. The maximum absolute atomic E-state index is 5.42. The van der Waals surface area contributed by atoms with Crippen LogP contribution in [0.1, 0.15) is 25.6 Å². The van der Waals surface area contributed by atoms with Crippen molar-refractivity contribution in [2.75, 3.05) is 11.9 Å². The first-order valence-electron chi connectivity index (χ1n) is 4.49. The molecule has 0 saturated heterocycles. The molecule has 0 bridgehead atoms. The van der Waals surface area contributed by atoms with Crippen molar-refractivity contribution in [3.05, 3.63) is 5.82 Å². The lowest BCUT2D eigenvalue weighted by Gasteiger charge is -2.10. The highest BCUT2D eigenvalue weighted by Crippen LogP contribution is 2.12. The highest BCUT2D eigenvalue weighted by molar-refractivity contribution is 7.09. The average molecular weight is 200 g/mol. The average Bonchev–Trinajstić information content (AvgIpc) is 2.48. The summed E-state index contributed by atoms with van der Waals surface area (Å²) in [6, 6.07) is 0.427. The second-order valence-electron chi connectivity index (χ2n) is 3.12. The number of nitrogens with one attached hydrogen (secondary N) is 1. The minimum atomic E-state index is 0.427. The molecule has 1 rings (SSSR count). The smallest absolute Gasteiger partial charge is 0.202 e. The SMILES string of the molecule is Cc1nsc(NC(C)CCCN)n1. The lowest BCUT2D eigenvalue weighted by Crippen LogP contribution is -2.16. The Morgan fingerprint density at radius 2 is 2.38 bits per heavy atom. The molecule has 0 radical (unpaired) electrons. The van der Waals surface area contributed by atoms with E-state index in [9.17, 15) is 0 Å². The third kappa shape index (κ3) is 3.69. The van der Waals surface area contributed by atoms with Crippen LogP contribution in [-0.4, -0.2) is 21.9 Å². The van der Waals surface area contributed by atoms with E-state index in [1.807, 2.05) is 6.92 Å². The molecule has 0 aliphatic heterocycles. The second-order valence-corrected chi connectivity index (χ2v) is 3.87. The van der Waals surface area contributed by atoms with Crippen molar-refractivity contribution in [1.29, 1.82) is 0 Å². The number of rotatable bonds is 5. The summed E-state index contributed by atoms with van der Waals surface area (Å²) in [6.07, 6.45) is 2.13. The van der Waals surface area contributed by atoms with E-state index < -0.39 is 0 Å². The van der Waals surface area contributed by atoms with Crippen LogP contribution in [0.2, 0.25) is 0 Å². The molecule has 74 valence electrons. The largest absolute Gasteiger partial charge is 0.358 e. The van der Waals surface area contributed by atoms with E-state index >= 15 is 0 Å². The first kappa shape index (κ1) is 10.4. The lowest BCUT2D eigenvalue weighted by molar-refractivity contribution is 0.662. The Bertz CT molecular complexity index is 248. The summed E-state index contributed by atoms with van der Waals surface area (Å²) >= 11 is 1.41.